The summed E-state index contributed by atoms with van der Waals surface area (Å²) in [6, 6.07) is 4.28. The first-order valence-corrected chi connectivity index (χ1v) is 7.29. The van der Waals surface area contributed by atoms with E-state index in [1.165, 1.54) is 12.1 Å². The Balaban J connectivity index is 1.89. The maximum atomic E-state index is 13.0. The Labute approximate surface area is 127 Å². The molecule has 6 heteroatoms. The molecule has 0 spiro atoms. The summed E-state index contributed by atoms with van der Waals surface area (Å²) in [5.74, 6) is -2.19. The molecular formula is C15H17ClFNO3. The van der Waals surface area contributed by atoms with Crippen LogP contribution in [-0.4, -0.2) is 17.0 Å². The van der Waals surface area contributed by atoms with E-state index >= 15 is 0 Å². The molecule has 2 atom stereocenters. The fourth-order valence-electron chi connectivity index (χ4n) is 2.64. The highest BCUT2D eigenvalue weighted by molar-refractivity contribution is 6.30. The summed E-state index contributed by atoms with van der Waals surface area (Å²) in [4.78, 5) is 23.1. The van der Waals surface area contributed by atoms with Gasteiger partial charge < -0.3 is 10.4 Å². The van der Waals surface area contributed by atoms with Crippen LogP contribution < -0.4 is 5.32 Å². The summed E-state index contributed by atoms with van der Waals surface area (Å²) >= 11 is 5.68. The van der Waals surface area contributed by atoms with E-state index in [0.717, 1.165) is 6.42 Å². The average molecular weight is 314 g/mol. The van der Waals surface area contributed by atoms with Gasteiger partial charge in [0.1, 0.15) is 5.82 Å². The van der Waals surface area contributed by atoms with Crippen LogP contribution in [0.5, 0.6) is 0 Å². The minimum Gasteiger partial charge on any atom is -0.481 e. The Morgan fingerprint density at radius 1 is 1.33 bits per heavy atom. The van der Waals surface area contributed by atoms with Crippen molar-refractivity contribution < 1.29 is 19.1 Å². The van der Waals surface area contributed by atoms with Crippen LogP contribution in [-0.2, 0) is 16.1 Å². The molecule has 1 amide bonds. The van der Waals surface area contributed by atoms with Crippen LogP contribution in [0.1, 0.15) is 31.2 Å². The first-order valence-electron chi connectivity index (χ1n) is 6.92. The topological polar surface area (TPSA) is 66.4 Å². The predicted octanol–water partition coefficient (Wildman–Crippen LogP) is 2.99. The molecule has 0 saturated heterocycles. The molecule has 1 aliphatic carbocycles. The molecule has 1 saturated carbocycles. The Kier molecular flexibility index (Phi) is 5.17. The molecule has 4 nitrogen and oxygen atoms in total. The van der Waals surface area contributed by atoms with Crippen LogP contribution in [0, 0.1) is 17.7 Å². The standard InChI is InChI=1S/C15H17ClFNO3/c16-12-6-9(4-5-13(12)17)8-18-14(19)10-2-1-3-11(7-10)15(20)21/h4-6,10-11H,1-3,7-8H2,(H,18,19)(H,20,21)/t10-,11-/m0/s1. The highest BCUT2D eigenvalue weighted by Gasteiger charge is 2.30. The van der Waals surface area contributed by atoms with Gasteiger partial charge in [-0.2, -0.15) is 0 Å². The van der Waals surface area contributed by atoms with E-state index < -0.39 is 17.7 Å². The third-order valence-corrected chi connectivity index (χ3v) is 4.13. The van der Waals surface area contributed by atoms with E-state index in [2.05, 4.69) is 5.32 Å². The minimum absolute atomic E-state index is 0.0188. The van der Waals surface area contributed by atoms with Crippen molar-refractivity contribution in [2.24, 2.45) is 11.8 Å². The lowest BCUT2D eigenvalue weighted by Crippen LogP contribution is -2.35. The largest absolute Gasteiger partial charge is 0.481 e. The van der Waals surface area contributed by atoms with E-state index in [1.807, 2.05) is 0 Å². The molecule has 2 rings (SSSR count). The number of rotatable bonds is 4. The second-order valence-electron chi connectivity index (χ2n) is 5.36. The van der Waals surface area contributed by atoms with Gasteiger partial charge in [-0.15, -0.1) is 0 Å². The number of amides is 1. The second-order valence-corrected chi connectivity index (χ2v) is 5.77. The molecule has 0 aromatic heterocycles. The smallest absolute Gasteiger partial charge is 0.306 e. The summed E-state index contributed by atoms with van der Waals surface area (Å²) < 4.78 is 13.0. The molecule has 0 unspecified atom stereocenters. The van der Waals surface area contributed by atoms with Crippen molar-refractivity contribution in [2.45, 2.75) is 32.2 Å². The molecule has 0 aliphatic heterocycles. The van der Waals surface area contributed by atoms with Crippen LogP contribution in [0.2, 0.25) is 5.02 Å². The van der Waals surface area contributed by atoms with E-state index in [4.69, 9.17) is 16.7 Å². The van der Waals surface area contributed by atoms with Crippen molar-refractivity contribution in [3.05, 3.63) is 34.6 Å². The molecular weight excluding hydrogens is 297 g/mol. The molecule has 0 heterocycles. The van der Waals surface area contributed by atoms with Crippen molar-refractivity contribution in [3.63, 3.8) is 0 Å². The number of carboxylic acids is 1. The maximum absolute atomic E-state index is 13.0. The number of benzene rings is 1. The first-order chi connectivity index (χ1) is 9.97. The summed E-state index contributed by atoms with van der Waals surface area (Å²) in [6.07, 6.45) is 2.47. The minimum atomic E-state index is -0.835. The van der Waals surface area contributed by atoms with Crippen molar-refractivity contribution in [3.8, 4) is 0 Å². The zero-order valence-corrected chi connectivity index (χ0v) is 12.2. The number of carbonyl (C=O) groups excluding carboxylic acids is 1. The number of hydrogen-bond acceptors (Lipinski definition) is 2. The van der Waals surface area contributed by atoms with E-state index in [0.29, 0.717) is 24.8 Å². The van der Waals surface area contributed by atoms with Gasteiger partial charge >= 0.3 is 5.97 Å². The van der Waals surface area contributed by atoms with E-state index in [1.54, 1.807) is 6.07 Å². The lowest BCUT2D eigenvalue weighted by atomic mass is 9.81. The zero-order chi connectivity index (χ0) is 15.4. The molecule has 21 heavy (non-hydrogen) atoms. The van der Waals surface area contributed by atoms with Gasteiger partial charge in [0.25, 0.3) is 0 Å². The van der Waals surface area contributed by atoms with Crippen LogP contribution in [0.25, 0.3) is 0 Å². The molecule has 0 radical (unpaired) electrons. The SMILES string of the molecule is O=C(O)[C@H]1CCC[C@H](C(=O)NCc2ccc(F)c(Cl)c2)C1. The van der Waals surface area contributed by atoms with Crippen molar-refractivity contribution in [1.29, 1.82) is 0 Å². The van der Waals surface area contributed by atoms with Crippen LogP contribution in [0.4, 0.5) is 4.39 Å². The normalized spacial score (nSPS) is 21.8. The van der Waals surface area contributed by atoms with Crippen LogP contribution >= 0.6 is 11.6 Å². The third-order valence-electron chi connectivity index (χ3n) is 3.84. The summed E-state index contributed by atoms with van der Waals surface area (Å²) in [5, 5.41) is 11.8. The lowest BCUT2D eigenvalue weighted by Gasteiger charge is -2.25. The number of halogens is 2. The van der Waals surface area contributed by atoms with Gasteiger partial charge in [-0.3, -0.25) is 9.59 Å². The van der Waals surface area contributed by atoms with E-state index in [-0.39, 0.29) is 23.4 Å². The lowest BCUT2D eigenvalue weighted by molar-refractivity contribution is -0.144. The second kappa shape index (κ2) is 6.89. The Morgan fingerprint density at radius 2 is 2.05 bits per heavy atom. The van der Waals surface area contributed by atoms with Gasteiger partial charge in [0, 0.05) is 12.5 Å². The fourth-order valence-corrected chi connectivity index (χ4v) is 2.84. The van der Waals surface area contributed by atoms with Gasteiger partial charge in [0.15, 0.2) is 0 Å². The molecule has 1 aliphatic rings. The van der Waals surface area contributed by atoms with Crippen LogP contribution in [0.3, 0.4) is 0 Å². The first kappa shape index (κ1) is 15.8. The van der Waals surface area contributed by atoms with Gasteiger partial charge in [-0.1, -0.05) is 24.1 Å². The third kappa shape index (κ3) is 4.17. The van der Waals surface area contributed by atoms with Gasteiger partial charge in [0.2, 0.25) is 5.91 Å². The Bertz CT molecular complexity index is 550. The number of hydrogen-bond donors (Lipinski definition) is 2. The highest BCUT2D eigenvalue weighted by atomic mass is 35.5. The zero-order valence-electron chi connectivity index (χ0n) is 11.4. The van der Waals surface area contributed by atoms with Crippen molar-refractivity contribution >= 4 is 23.5 Å². The number of carbonyl (C=O) groups is 2. The summed E-state index contributed by atoms with van der Waals surface area (Å²) in [7, 11) is 0. The number of carboxylic acid groups (broad SMARTS) is 1. The van der Waals surface area contributed by atoms with Gasteiger partial charge in [-0.25, -0.2) is 4.39 Å². The maximum Gasteiger partial charge on any atom is 0.306 e. The summed E-state index contributed by atoms with van der Waals surface area (Å²) in [5.41, 5.74) is 0.709. The van der Waals surface area contributed by atoms with Gasteiger partial charge in [-0.05, 0) is 37.0 Å². The highest BCUT2D eigenvalue weighted by Crippen LogP contribution is 2.29. The molecule has 1 aromatic rings. The average Bonchev–Trinajstić information content (AvgIpc) is 2.48. The van der Waals surface area contributed by atoms with Gasteiger partial charge in [0.05, 0.1) is 10.9 Å². The Morgan fingerprint density at radius 3 is 2.71 bits per heavy atom. The van der Waals surface area contributed by atoms with Crippen molar-refractivity contribution in [2.75, 3.05) is 0 Å². The summed E-state index contributed by atoms with van der Waals surface area (Å²) in [6.45, 7) is 0.257. The number of nitrogens with one attached hydrogen (secondary N) is 1. The number of aliphatic carboxylic acids is 1. The van der Waals surface area contributed by atoms with Crippen LogP contribution in [0.15, 0.2) is 18.2 Å². The fraction of sp³-hybridized carbons (Fsp3) is 0.467. The van der Waals surface area contributed by atoms with E-state index in [9.17, 15) is 14.0 Å². The molecule has 1 fully saturated rings. The van der Waals surface area contributed by atoms with Crippen molar-refractivity contribution in [1.82, 2.24) is 5.32 Å². The molecule has 0 bridgehead atoms. The monoisotopic (exact) mass is 313 g/mol. The predicted molar refractivity (Wildman–Crippen MR) is 76.3 cm³/mol. The molecule has 2 N–H and O–H groups in total. The Hall–Kier alpha value is -1.62. The quantitative estimate of drug-likeness (QED) is 0.898. The molecule has 1 aromatic carbocycles. The molecule has 114 valence electrons.